The van der Waals surface area contributed by atoms with Gasteiger partial charge in [-0.05, 0) is 18.6 Å². The molecule has 2 heterocycles. The molecule has 1 atom stereocenters. The molecule has 4 nitrogen and oxygen atoms in total. The van der Waals surface area contributed by atoms with E-state index in [0.29, 0.717) is 0 Å². The third-order valence-electron chi connectivity index (χ3n) is 4.74. The Bertz CT molecular complexity index is 857. The van der Waals surface area contributed by atoms with Gasteiger partial charge in [-0.15, -0.1) is 0 Å². The predicted octanol–water partition coefficient (Wildman–Crippen LogP) is 3.86. The summed E-state index contributed by atoms with van der Waals surface area (Å²) < 4.78 is 8.27. The van der Waals surface area contributed by atoms with Crippen molar-refractivity contribution in [3.63, 3.8) is 0 Å². The van der Waals surface area contributed by atoms with Crippen molar-refractivity contribution in [1.82, 2.24) is 14.7 Å². The maximum Gasteiger partial charge on any atom is 0.136 e. The smallest absolute Gasteiger partial charge is 0.136 e. The quantitative estimate of drug-likeness (QED) is 0.729. The van der Waals surface area contributed by atoms with Crippen molar-refractivity contribution in [3.8, 4) is 5.75 Å². The van der Waals surface area contributed by atoms with Gasteiger partial charge in [0.15, 0.2) is 0 Å². The maximum absolute atomic E-state index is 6.38. The fourth-order valence-electron chi connectivity index (χ4n) is 3.49. The molecule has 1 aliphatic rings. The number of hydrogen-bond donors (Lipinski definition) is 0. The number of benzene rings is 2. The molecule has 128 valence electrons. The predicted molar refractivity (Wildman–Crippen MR) is 98.3 cm³/mol. The molecule has 3 aromatic rings. The van der Waals surface area contributed by atoms with Crippen molar-refractivity contribution >= 4 is 0 Å². The zero-order chi connectivity index (χ0) is 17.2. The van der Waals surface area contributed by atoms with Crippen molar-refractivity contribution in [3.05, 3.63) is 83.2 Å². The Hall–Kier alpha value is -2.59. The summed E-state index contributed by atoms with van der Waals surface area (Å²) in [5, 5.41) is 4.48. The van der Waals surface area contributed by atoms with Crippen LogP contribution in [0.1, 0.15) is 28.5 Å². The molecule has 0 saturated carbocycles. The molecule has 1 aliphatic heterocycles. The number of ether oxygens (including phenoxy) is 1. The van der Waals surface area contributed by atoms with Crippen LogP contribution < -0.4 is 4.74 Å². The van der Waals surface area contributed by atoms with Gasteiger partial charge < -0.3 is 4.74 Å². The summed E-state index contributed by atoms with van der Waals surface area (Å²) in [5.41, 5.74) is 4.82. The Labute approximate surface area is 148 Å². The van der Waals surface area contributed by atoms with Crippen molar-refractivity contribution in [2.75, 3.05) is 6.54 Å². The van der Waals surface area contributed by atoms with E-state index < -0.39 is 0 Å². The first-order valence-electron chi connectivity index (χ1n) is 8.70. The van der Waals surface area contributed by atoms with Gasteiger partial charge in [0.2, 0.25) is 0 Å². The summed E-state index contributed by atoms with van der Waals surface area (Å²) in [6.07, 6.45) is 2.15. The molecule has 0 spiro atoms. The van der Waals surface area contributed by atoms with E-state index in [4.69, 9.17) is 4.74 Å². The minimum Gasteiger partial charge on any atom is -0.484 e. The van der Waals surface area contributed by atoms with Crippen LogP contribution in [0, 0.1) is 6.92 Å². The Morgan fingerprint density at radius 3 is 2.60 bits per heavy atom. The van der Waals surface area contributed by atoms with Gasteiger partial charge in [0.05, 0.1) is 5.69 Å². The molecule has 4 heteroatoms. The van der Waals surface area contributed by atoms with Crippen molar-refractivity contribution in [2.24, 2.45) is 7.05 Å². The van der Waals surface area contributed by atoms with Crippen LogP contribution in [0.2, 0.25) is 0 Å². The van der Waals surface area contributed by atoms with Crippen LogP contribution in [0.4, 0.5) is 0 Å². The van der Waals surface area contributed by atoms with Gasteiger partial charge in [0, 0.05) is 44.0 Å². The van der Waals surface area contributed by atoms with Gasteiger partial charge in [0.25, 0.3) is 0 Å². The summed E-state index contributed by atoms with van der Waals surface area (Å²) >= 11 is 0. The monoisotopic (exact) mass is 333 g/mol. The van der Waals surface area contributed by atoms with Crippen LogP contribution in [0.5, 0.6) is 5.75 Å². The van der Waals surface area contributed by atoms with Crippen LogP contribution in [0.25, 0.3) is 0 Å². The van der Waals surface area contributed by atoms with Gasteiger partial charge in [0.1, 0.15) is 11.9 Å². The standard InChI is InChI=1S/C21H23N3O/c1-16-19(12-23(2)22-16)14-24-13-18-10-6-7-11-20(18)25-21(15-24)17-8-4-3-5-9-17/h3-12,21H,13-15H2,1-2H3. The molecule has 0 saturated heterocycles. The summed E-state index contributed by atoms with van der Waals surface area (Å²) in [5.74, 6) is 0.988. The summed E-state index contributed by atoms with van der Waals surface area (Å²) in [7, 11) is 1.98. The number of para-hydroxylation sites is 1. The zero-order valence-corrected chi connectivity index (χ0v) is 14.7. The lowest BCUT2D eigenvalue weighted by Crippen LogP contribution is -2.28. The number of hydrogen-bond acceptors (Lipinski definition) is 3. The average molecular weight is 333 g/mol. The average Bonchev–Trinajstić information content (AvgIpc) is 2.83. The van der Waals surface area contributed by atoms with Gasteiger partial charge in [-0.25, -0.2) is 0 Å². The summed E-state index contributed by atoms with van der Waals surface area (Å²) in [4.78, 5) is 2.45. The second-order valence-corrected chi connectivity index (χ2v) is 6.71. The second kappa shape index (κ2) is 6.73. The first-order valence-corrected chi connectivity index (χ1v) is 8.70. The Morgan fingerprint density at radius 1 is 1.08 bits per heavy atom. The van der Waals surface area contributed by atoms with E-state index in [2.05, 4.69) is 65.6 Å². The molecule has 0 bridgehead atoms. The van der Waals surface area contributed by atoms with Gasteiger partial charge in [-0.2, -0.15) is 5.10 Å². The van der Waals surface area contributed by atoms with Crippen LogP contribution in [-0.4, -0.2) is 21.2 Å². The molecule has 4 rings (SSSR count). The molecule has 0 N–H and O–H groups in total. The second-order valence-electron chi connectivity index (χ2n) is 6.71. The first kappa shape index (κ1) is 15.9. The van der Waals surface area contributed by atoms with Crippen LogP contribution in [-0.2, 0) is 20.1 Å². The molecule has 2 aromatic carbocycles. The van der Waals surface area contributed by atoms with Crippen molar-refractivity contribution in [2.45, 2.75) is 26.1 Å². The van der Waals surface area contributed by atoms with E-state index >= 15 is 0 Å². The third kappa shape index (κ3) is 3.44. The highest BCUT2D eigenvalue weighted by Crippen LogP contribution is 2.31. The highest BCUT2D eigenvalue weighted by atomic mass is 16.5. The molecular formula is C21H23N3O. The number of fused-ring (bicyclic) bond motifs is 1. The SMILES string of the molecule is Cc1nn(C)cc1CN1Cc2ccccc2OC(c2ccccc2)C1. The molecule has 0 aliphatic carbocycles. The topological polar surface area (TPSA) is 30.3 Å². The Morgan fingerprint density at radius 2 is 1.84 bits per heavy atom. The van der Waals surface area contributed by atoms with Gasteiger partial charge in [-0.1, -0.05) is 48.5 Å². The van der Waals surface area contributed by atoms with E-state index in [0.717, 1.165) is 31.1 Å². The molecule has 1 aromatic heterocycles. The van der Waals surface area contributed by atoms with E-state index in [1.54, 1.807) is 0 Å². The minimum absolute atomic E-state index is 0.0295. The van der Waals surface area contributed by atoms with Gasteiger partial charge in [-0.3, -0.25) is 9.58 Å². The van der Waals surface area contributed by atoms with E-state index in [1.807, 2.05) is 23.9 Å². The largest absolute Gasteiger partial charge is 0.484 e. The number of aromatic nitrogens is 2. The van der Waals surface area contributed by atoms with Gasteiger partial charge >= 0.3 is 0 Å². The Kier molecular flexibility index (Phi) is 4.28. The maximum atomic E-state index is 6.38. The lowest BCUT2D eigenvalue weighted by Gasteiger charge is -2.24. The van der Waals surface area contributed by atoms with E-state index in [-0.39, 0.29) is 6.10 Å². The van der Waals surface area contributed by atoms with E-state index in [9.17, 15) is 0 Å². The Balaban J connectivity index is 1.66. The molecular weight excluding hydrogens is 310 g/mol. The molecule has 1 unspecified atom stereocenters. The highest BCUT2D eigenvalue weighted by Gasteiger charge is 2.24. The highest BCUT2D eigenvalue weighted by molar-refractivity contribution is 5.35. The fraction of sp³-hybridized carbons (Fsp3) is 0.286. The number of nitrogens with zero attached hydrogens (tertiary/aromatic N) is 3. The fourth-order valence-corrected chi connectivity index (χ4v) is 3.49. The lowest BCUT2D eigenvalue weighted by atomic mass is 10.1. The first-order chi connectivity index (χ1) is 12.2. The molecule has 0 amide bonds. The molecule has 25 heavy (non-hydrogen) atoms. The molecule has 0 radical (unpaired) electrons. The van der Waals surface area contributed by atoms with E-state index in [1.165, 1.54) is 16.7 Å². The minimum atomic E-state index is 0.0295. The van der Waals surface area contributed by atoms with Crippen LogP contribution in [0.15, 0.2) is 60.8 Å². The van der Waals surface area contributed by atoms with Crippen LogP contribution >= 0.6 is 0 Å². The number of rotatable bonds is 3. The zero-order valence-electron chi connectivity index (χ0n) is 14.7. The molecule has 0 fully saturated rings. The lowest BCUT2D eigenvalue weighted by molar-refractivity contribution is 0.144. The van der Waals surface area contributed by atoms with Crippen molar-refractivity contribution in [1.29, 1.82) is 0 Å². The summed E-state index contributed by atoms with van der Waals surface area (Å²) in [6.45, 7) is 4.69. The van der Waals surface area contributed by atoms with Crippen LogP contribution in [0.3, 0.4) is 0 Å². The van der Waals surface area contributed by atoms with Crippen molar-refractivity contribution < 1.29 is 4.74 Å². The normalized spacial score (nSPS) is 17.6. The number of aryl methyl sites for hydroxylation is 2. The third-order valence-corrected chi connectivity index (χ3v) is 4.74. The summed E-state index contributed by atoms with van der Waals surface area (Å²) in [6, 6.07) is 18.8.